The maximum absolute atomic E-state index is 12.7. The molecule has 0 N–H and O–H groups in total. The molecule has 20 heavy (non-hydrogen) atoms. The van der Waals surface area contributed by atoms with E-state index in [1.807, 2.05) is 0 Å². The third kappa shape index (κ3) is 3.35. The van der Waals surface area contributed by atoms with Crippen LogP contribution in [0.25, 0.3) is 0 Å². The molecule has 2 fully saturated rings. The summed E-state index contributed by atoms with van der Waals surface area (Å²) in [6, 6.07) is -0.396. The van der Waals surface area contributed by atoms with Gasteiger partial charge >= 0.3 is 0 Å². The van der Waals surface area contributed by atoms with Gasteiger partial charge in [-0.1, -0.05) is 13.8 Å². The Balaban J connectivity index is 2.17. The van der Waals surface area contributed by atoms with Gasteiger partial charge in [0, 0.05) is 25.7 Å². The molecule has 2 heterocycles. The molecule has 2 atom stereocenters. The lowest BCUT2D eigenvalue weighted by Gasteiger charge is -2.36. The van der Waals surface area contributed by atoms with Crippen molar-refractivity contribution >= 4 is 20.0 Å². The average molecular weight is 324 g/mol. The van der Waals surface area contributed by atoms with Gasteiger partial charge in [0.1, 0.15) is 0 Å². The highest BCUT2D eigenvalue weighted by atomic mass is 32.2. The van der Waals surface area contributed by atoms with Gasteiger partial charge in [-0.2, -0.15) is 17.0 Å². The third-order valence-corrected chi connectivity index (χ3v) is 8.05. The first-order chi connectivity index (χ1) is 9.26. The van der Waals surface area contributed by atoms with Crippen LogP contribution in [0.1, 0.15) is 33.1 Å². The van der Waals surface area contributed by atoms with E-state index in [1.165, 1.54) is 8.61 Å². The second-order valence-corrected chi connectivity index (χ2v) is 9.98. The van der Waals surface area contributed by atoms with Gasteiger partial charge in [0.2, 0.25) is 0 Å². The first kappa shape index (κ1) is 16.2. The predicted octanol–water partition coefficient (Wildman–Crippen LogP) is 0.472. The monoisotopic (exact) mass is 324 g/mol. The molecular formula is C12H24N2O4S2. The fraction of sp³-hybridized carbons (Fsp3) is 1.00. The standard InChI is InChI=1S/C12H24N2O4S2/c1-3-14(12-6-8-19(15,16)10-12)20(17,18)13-7-4-5-11(2)9-13/h11-12H,3-10H2,1-2H3/t11-,12-/m0/s1. The number of sulfone groups is 1. The van der Waals surface area contributed by atoms with Crippen molar-refractivity contribution in [2.75, 3.05) is 31.1 Å². The fourth-order valence-corrected chi connectivity index (χ4v) is 6.92. The van der Waals surface area contributed by atoms with Crippen LogP contribution in [0.3, 0.4) is 0 Å². The molecule has 2 aliphatic rings. The zero-order valence-corrected chi connectivity index (χ0v) is 13.8. The van der Waals surface area contributed by atoms with E-state index in [0.717, 1.165) is 12.8 Å². The first-order valence-electron chi connectivity index (χ1n) is 7.23. The van der Waals surface area contributed by atoms with Crippen molar-refractivity contribution in [3.63, 3.8) is 0 Å². The summed E-state index contributed by atoms with van der Waals surface area (Å²) >= 11 is 0. The van der Waals surface area contributed by atoms with Crippen molar-refractivity contribution in [1.82, 2.24) is 8.61 Å². The highest BCUT2D eigenvalue weighted by Gasteiger charge is 2.40. The largest absolute Gasteiger partial charge is 0.282 e. The molecule has 0 saturated carbocycles. The number of rotatable bonds is 4. The maximum atomic E-state index is 12.7. The van der Waals surface area contributed by atoms with E-state index in [0.29, 0.717) is 32.0 Å². The van der Waals surface area contributed by atoms with Crippen molar-refractivity contribution in [1.29, 1.82) is 0 Å². The summed E-state index contributed by atoms with van der Waals surface area (Å²) in [6.45, 7) is 5.24. The van der Waals surface area contributed by atoms with Crippen LogP contribution in [0.15, 0.2) is 0 Å². The highest BCUT2D eigenvalue weighted by molar-refractivity contribution is 7.91. The molecule has 0 aromatic carbocycles. The first-order valence-corrected chi connectivity index (χ1v) is 10.5. The van der Waals surface area contributed by atoms with Crippen molar-refractivity contribution < 1.29 is 16.8 Å². The average Bonchev–Trinajstić information content (AvgIpc) is 2.70. The zero-order chi connectivity index (χ0) is 15.0. The van der Waals surface area contributed by atoms with Crippen LogP contribution in [-0.2, 0) is 20.0 Å². The van der Waals surface area contributed by atoms with Crippen LogP contribution in [0.2, 0.25) is 0 Å². The van der Waals surface area contributed by atoms with Gasteiger partial charge in [0.15, 0.2) is 9.84 Å². The molecule has 0 aliphatic carbocycles. The van der Waals surface area contributed by atoms with Crippen LogP contribution < -0.4 is 0 Å². The Morgan fingerprint density at radius 2 is 2.00 bits per heavy atom. The molecule has 0 bridgehead atoms. The molecule has 118 valence electrons. The number of hydrogen-bond acceptors (Lipinski definition) is 4. The quantitative estimate of drug-likeness (QED) is 0.753. The van der Waals surface area contributed by atoms with Crippen LogP contribution in [-0.4, -0.2) is 62.6 Å². The normalized spacial score (nSPS) is 31.8. The summed E-state index contributed by atoms with van der Waals surface area (Å²) in [5, 5.41) is 0. The molecule has 0 aromatic heterocycles. The van der Waals surface area contributed by atoms with Crippen LogP contribution in [0.5, 0.6) is 0 Å². The highest BCUT2D eigenvalue weighted by Crippen LogP contribution is 2.25. The van der Waals surface area contributed by atoms with Gasteiger partial charge in [-0.15, -0.1) is 0 Å². The van der Waals surface area contributed by atoms with E-state index >= 15 is 0 Å². The molecule has 0 radical (unpaired) electrons. The van der Waals surface area contributed by atoms with Gasteiger partial charge < -0.3 is 0 Å². The van der Waals surface area contributed by atoms with Crippen LogP contribution in [0.4, 0.5) is 0 Å². The SMILES string of the molecule is CCN([C@H]1CCS(=O)(=O)C1)S(=O)(=O)N1CCC[C@H](C)C1. The Morgan fingerprint density at radius 3 is 2.50 bits per heavy atom. The van der Waals surface area contributed by atoms with Gasteiger partial charge in [0.25, 0.3) is 10.2 Å². The lowest BCUT2D eigenvalue weighted by atomic mass is 10.0. The van der Waals surface area contributed by atoms with E-state index in [9.17, 15) is 16.8 Å². The van der Waals surface area contributed by atoms with Crippen molar-refractivity contribution in [2.24, 2.45) is 5.92 Å². The van der Waals surface area contributed by atoms with Crippen molar-refractivity contribution in [3.8, 4) is 0 Å². The minimum absolute atomic E-state index is 0.0382. The predicted molar refractivity (Wildman–Crippen MR) is 78.3 cm³/mol. The van der Waals surface area contributed by atoms with Crippen molar-refractivity contribution in [3.05, 3.63) is 0 Å². The van der Waals surface area contributed by atoms with E-state index in [4.69, 9.17) is 0 Å². The Kier molecular flexibility index (Phi) is 4.78. The Morgan fingerprint density at radius 1 is 1.30 bits per heavy atom. The summed E-state index contributed by atoms with van der Waals surface area (Å²) < 4.78 is 51.5. The molecule has 0 spiro atoms. The third-order valence-electron chi connectivity index (χ3n) is 4.17. The summed E-state index contributed by atoms with van der Waals surface area (Å²) in [5.74, 6) is 0.424. The molecule has 0 amide bonds. The summed E-state index contributed by atoms with van der Waals surface area (Å²) in [7, 11) is -6.62. The fourth-order valence-electron chi connectivity index (χ4n) is 3.12. The molecule has 8 heteroatoms. The van der Waals surface area contributed by atoms with E-state index in [1.54, 1.807) is 6.92 Å². The van der Waals surface area contributed by atoms with Crippen LogP contribution in [0, 0.1) is 5.92 Å². The second kappa shape index (κ2) is 5.90. The van der Waals surface area contributed by atoms with Gasteiger partial charge in [-0.3, -0.25) is 0 Å². The van der Waals surface area contributed by atoms with E-state index in [-0.39, 0.29) is 11.5 Å². The Labute approximate surface area is 122 Å². The molecule has 2 rings (SSSR count). The second-order valence-electron chi connectivity index (χ2n) is 5.87. The number of piperidine rings is 1. The minimum Gasteiger partial charge on any atom is -0.229 e. The molecule has 0 unspecified atom stereocenters. The number of nitrogens with zero attached hydrogens (tertiary/aromatic N) is 2. The lowest BCUT2D eigenvalue weighted by molar-refractivity contribution is 0.247. The molecule has 2 aliphatic heterocycles. The van der Waals surface area contributed by atoms with Crippen LogP contribution >= 0.6 is 0 Å². The van der Waals surface area contributed by atoms with E-state index < -0.39 is 26.1 Å². The topological polar surface area (TPSA) is 74.8 Å². The van der Waals surface area contributed by atoms with Gasteiger partial charge in [-0.25, -0.2) is 8.42 Å². The Hall–Kier alpha value is -0.180. The molecule has 0 aromatic rings. The summed E-state index contributed by atoms with van der Waals surface area (Å²) in [4.78, 5) is 0. The summed E-state index contributed by atoms with van der Waals surface area (Å²) in [6.07, 6.45) is 2.34. The lowest BCUT2D eigenvalue weighted by Crippen LogP contribution is -2.51. The van der Waals surface area contributed by atoms with Gasteiger partial charge in [-0.05, 0) is 25.2 Å². The van der Waals surface area contributed by atoms with Crippen molar-refractivity contribution in [2.45, 2.75) is 39.2 Å². The van der Waals surface area contributed by atoms with E-state index in [2.05, 4.69) is 6.92 Å². The number of hydrogen-bond donors (Lipinski definition) is 0. The molecular weight excluding hydrogens is 300 g/mol. The van der Waals surface area contributed by atoms with Gasteiger partial charge in [0.05, 0.1) is 11.5 Å². The Bertz CT molecular complexity index is 544. The zero-order valence-electron chi connectivity index (χ0n) is 12.2. The maximum Gasteiger partial charge on any atom is 0.282 e. The summed E-state index contributed by atoms with van der Waals surface area (Å²) in [5.41, 5.74) is 0. The molecule has 6 nitrogen and oxygen atoms in total. The smallest absolute Gasteiger partial charge is 0.229 e. The molecule has 2 saturated heterocycles. The minimum atomic E-state index is -3.54.